The first kappa shape index (κ1) is 15.6. The van der Waals surface area contributed by atoms with Crippen LogP contribution in [0, 0.1) is 12.8 Å². The number of thiophene rings is 1. The molecule has 1 heterocycles. The third kappa shape index (κ3) is 3.54. The summed E-state index contributed by atoms with van der Waals surface area (Å²) < 4.78 is 26.6. The molecule has 0 bridgehead atoms. The first-order chi connectivity index (χ1) is 8.28. The van der Waals surface area contributed by atoms with Gasteiger partial charge in [-0.2, -0.15) is 4.31 Å². The standard InChI is InChI=1S/C12H22N2O2S2/c1-9(2)8-14(5)18(15,16)12-6-10(3)11(17-12)7-13-4/h6,9,13H,7-8H2,1-5H3. The second-order valence-corrected chi connectivity index (χ2v) is 8.29. The van der Waals surface area contributed by atoms with Crippen LogP contribution in [0.4, 0.5) is 0 Å². The Balaban J connectivity index is 3.01. The van der Waals surface area contributed by atoms with E-state index in [-0.39, 0.29) is 0 Å². The molecule has 18 heavy (non-hydrogen) atoms. The maximum atomic E-state index is 12.4. The fourth-order valence-electron chi connectivity index (χ4n) is 1.72. The Labute approximate surface area is 114 Å². The highest BCUT2D eigenvalue weighted by molar-refractivity contribution is 7.91. The number of nitrogens with zero attached hydrogens (tertiary/aromatic N) is 1. The van der Waals surface area contributed by atoms with Crippen molar-refractivity contribution in [2.24, 2.45) is 5.92 Å². The van der Waals surface area contributed by atoms with Crippen molar-refractivity contribution in [3.05, 3.63) is 16.5 Å². The van der Waals surface area contributed by atoms with E-state index in [1.807, 2.05) is 27.8 Å². The summed E-state index contributed by atoms with van der Waals surface area (Å²) in [4.78, 5) is 1.08. The maximum Gasteiger partial charge on any atom is 0.252 e. The average Bonchev–Trinajstić information content (AvgIpc) is 2.60. The molecule has 1 aromatic rings. The molecule has 0 atom stereocenters. The van der Waals surface area contributed by atoms with Crippen LogP contribution in [0.3, 0.4) is 0 Å². The van der Waals surface area contributed by atoms with Crippen LogP contribution in [-0.4, -0.2) is 33.4 Å². The number of hydrogen-bond donors (Lipinski definition) is 1. The fourth-order valence-corrected chi connectivity index (χ4v) is 4.86. The zero-order chi connectivity index (χ0) is 13.9. The lowest BCUT2D eigenvalue weighted by Crippen LogP contribution is -2.29. The lowest BCUT2D eigenvalue weighted by molar-refractivity contribution is 0.418. The van der Waals surface area contributed by atoms with Crippen LogP contribution in [0.5, 0.6) is 0 Å². The highest BCUT2D eigenvalue weighted by Gasteiger charge is 2.24. The van der Waals surface area contributed by atoms with Crippen molar-refractivity contribution >= 4 is 21.4 Å². The number of aryl methyl sites for hydroxylation is 1. The Morgan fingerprint density at radius 2 is 2.06 bits per heavy atom. The van der Waals surface area contributed by atoms with Gasteiger partial charge in [0.15, 0.2) is 0 Å². The Hall–Kier alpha value is -0.430. The third-order valence-corrected chi connectivity index (χ3v) is 6.13. The van der Waals surface area contributed by atoms with Gasteiger partial charge in [0.1, 0.15) is 4.21 Å². The molecule has 1 aromatic heterocycles. The molecule has 0 fully saturated rings. The minimum atomic E-state index is -3.33. The Morgan fingerprint density at radius 1 is 1.44 bits per heavy atom. The number of nitrogens with one attached hydrogen (secondary N) is 1. The molecular weight excluding hydrogens is 268 g/mol. The topological polar surface area (TPSA) is 49.4 Å². The molecule has 104 valence electrons. The number of sulfonamides is 1. The minimum absolute atomic E-state index is 0.322. The molecule has 0 unspecified atom stereocenters. The largest absolute Gasteiger partial charge is 0.315 e. The molecular formula is C12H22N2O2S2. The summed E-state index contributed by atoms with van der Waals surface area (Å²) >= 11 is 1.35. The summed E-state index contributed by atoms with van der Waals surface area (Å²) in [5.41, 5.74) is 1.03. The van der Waals surface area contributed by atoms with Crippen molar-refractivity contribution in [2.75, 3.05) is 20.6 Å². The number of hydrogen-bond acceptors (Lipinski definition) is 4. The van der Waals surface area contributed by atoms with Gasteiger partial charge in [-0.05, 0) is 31.5 Å². The first-order valence-electron chi connectivity index (χ1n) is 5.99. The summed E-state index contributed by atoms with van der Waals surface area (Å²) in [7, 11) is 0.170. The summed E-state index contributed by atoms with van der Waals surface area (Å²) in [6, 6.07) is 1.77. The van der Waals surface area contributed by atoms with Crippen molar-refractivity contribution in [3.8, 4) is 0 Å². The molecule has 1 rings (SSSR count). The molecule has 0 aliphatic heterocycles. The van der Waals surface area contributed by atoms with Gasteiger partial charge in [-0.25, -0.2) is 8.42 Å². The molecule has 0 aromatic carbocycles. The van der Waals surface area contributed by atoms with Crippen LogP contribution in [0.1, 0.15) is 24.3 Å². The Bertz CT molecular complexity index is 492. The van der Waals surface area contributed by atoms with E-state index in [1.165, 1.54) is 15.6 Å². The van der Waals surface area contributed by atoms with Crippen LogP contribution in [0.25, 0.3) is 0 Å². The summed E-state index contributed by atoms with van der Waals surface area (Å²) in [6.45, 7) is 7.22. The molecule has 6 heteroatoms. The van der Waals surface area contributed by atoms with Crippen LogP contribution in [-0.2, 0) is 16.6 Å². The van der Waals surface area contributed by atoms with Crippen molar-refractivity contribution in [3.63, 3.8) is 0 Å². The van der Waals surface area contributed by atoms with Crippen molar-refractivity contribution < 1.29 is 8.42 Å². The van der Waals surface area contributed by atoms with Gasteiger partial charge in [-0.1, -0.05) is 13.8 Å². The molecule has 0 saturated heterocycles. The van der Waals surface area contributed by atoms with Gasteiger partial charge in [0, 0.05) is 25.0 Å². The zero-order valence-corrected chi connectivity index (χ0v) is 13.3. The second-order valence-electron chi connectivity index (χ2n) is 4.88. The van der Waals surface area contributed by atoms with Gasteiger partial charge < -0.3 is 5.32 Å². The van der Waals surface area contributed by atoms with Gasteiger partial charge in [0.2, 0.25) is 0 Å². The van der Waals surface area contributed by atoms with Gasteiger partial charge in [0.25, 0.3) is 10.0 Å². The minimum Gasteiger partial charge on any atom is -0.315 e. The summed E-state index contributed by atoms with van der Waals surface area (Å²) in [5, 5.41) is 3.05. The van der Waals surface area contributed by atoms with E-state index in [0.717, 1.165) is 10.4 Å². The summed E-state index contributed by atoms with van der Waals surface area (Å²) in [5.74, 6) is 0.322. The molecule has 0 aliphatic carbocycles. The van der Waals surface area contributed by atoms with E-state index in [0.29, 0.717) is 23.2 Å². The Morgan fingerprint density at radius 3 is 2.56 bits per heavy atom. The molecule has 0 aliphatic rings. The Kier molecular flexibility index (Phi) is 5.33. The van der Waals surface area contributed by atoms with E-state index >= 15 is 0 Å². The normalized spacial score (nSPS) is 12.6. The maximum absolute atomic E-state index is 12.4. The zero-order valence-electron chi connectivity index (χ0n) is 11.6. The van der Waals surface area contributed by atoms with E-state index in [9.17, 15) is 8.42 Å². The van der Waals surface area contributed by atoms with Crippen LogP contribution in [0.2, 0.25) is 0 Å². The fraction of sp³-hybridized carbons (Fsp3) is 0.667. The monoisotopic (exact) mass is 290 g/mol. The smallest absolute Gasteiger partial charge is 0.252 e. The predicted molar refractivity (Wildman–Crippen MR) is 76.5 cm³/mol. The molecule has 4 nitrogen and oxygen atoms in total. The predicted octanol–water partition coefficient (Wildman–Crippen LogP) is 2.05. The third-order valence-electron chi connectivity index (χ3n) is 2.62. The van der Waals surface area contributed by atoms with E-state index in [4.69, 9.17) is 0 Å². The molecule has 0 saturated carbocycles. The molecule has 1 N–H and O–H groups in total. The highest BCUT2D eigenvalue weighted by Crippen LogP contribution is 2.28. The highest BCUT2D eigenvalue weighted by atomic mass is 32.2. The number of rotatable bonds is 6. The van der Waals surface area contributed by atoms with Crippen molar-refractivity contribution in [1.82, 2.24) is 9.62 Å². The van der Waals surface area contributed by atoms with Gasteiger partial charge in [-0.15, -0.1) is 11.3 Å². The second kappa shape index (κ2) is 6.14. The van der Waals surface area contributed by atoms with Crippen molar-refractivity contribution in [1.29, 1.82) is 0 Å². The molecule has 0 radical (unpaired) electrons. The van der Waals surface area contributed by atoms with E-state index in [1.54, 1.807) is 13.1 Å². The van der Waals surface area contributed by atoms with Gasteiger partial charge in [0.05, 0.1) is 0 Å². The van der Waals surface area contributed by atoms with Gasteiger partial charge >= 0.3 is 0 Å². The average molecular weight is 290 g/mol. The van der Waals surface area contributed by atoms with Crippen LogP contribution < -0.4 is 5.32 Å². The molecule has 0 spiro atoms. The van der Waals surface area contributed by atoms with Crippen molar-refractivity contribution in [2.45, 2.75) is 31.5 Å². The van der Waals surface area contributed by atoms with Crippen LogP contribution >= 0.6 is 11.3 Å². The SMILES string of the molecule is CNCc1sc(S(=O)(=O)N(C)CC(C)C)cc1C. The van der Waals surface area contributed by atoms with Gasteiger partial charge in [-0.3, -0.25) is 0 Å². The lowest BCUT2D eigenvalue weighted by atomic mass is 10.2. The summed E-state index contributed by atoms with van der Waals surface area (Å²) in [6.07, 6.45) is 0. The van der Waals surface area contributed by atoms with E-state index in [2.05, 4.69) is 5.32 Å². The molecule has 0 amide bonds. The lowest BCUT2D eigenvalue weighted by Gasteiger charge is -2.17. The van der Waals surface area contributed by atoms with Crippen LogP contribution in [0.15, 0.2) is 10.3 Å². The quantitative estimate of drug-likeness (QED) is 0.872. The van der Waals surface area contributed by atoms with E-state index < -0.39 is 10.0 Å². The first-order valence-corrected chi connectivity index (χ1v) is 8.25.